The lowest BCUT2D eigenvalue weighted by Crippen LogP contribution is -2.16. The number of hydrogen-bond donors (Lipinski definition) is 1. The molecule has 0 fully saturated rings. The van der Waals surface area contributed by atoms with Crippen LogP contribution >= 0.6 is 0 Å². The summed E-state index contributed by atoms with van der Waals surface area (Å²) in [4.78, 5) is 21.1. The maximum atomic E-state index is 12.5. The van der Waals surface area contributed by atoms with Crippen LogP contribution in [0.4, 0.5) is 5.69 Å². The minimum Gasteiger partial charge on any atom is -0.323 e. The van der Waals surface area contributed by atoms with Crippen molar-refractivity contribution in [3.05, 3.63) is 59.7 Å². The van der Waals surface area contributed by atoms with Gasteiger partial charge in [-0.25, -0.2) is 9.97 Å². The molecule has 0 bridgehead atoms. The molecular formula is C21H25N5O. The molecule has 1 amide bonds. The van der Waals surface area contributed by atoms with Gasteiger partial charge in [-0.15, -0.1) is 0 Å². The quantitative estimate of drug-likeness (QED) is 0.723. The van der Waals surface area contributed by atoms with Crippen LogP contribution in [0.25, 0.3) is 11.4 Å². The monoisotopic (exact) mass is 363 g/mol. The number of anilines is 1. The van der Waals surface area contributed by atoms with Gasteiger partial charge in [0, 0.05) is 23.4 Å². The maximum Gasteiger partial charge on any atom is 0.229 e. The fraction of sp³-hybridized carbons (Fsp3) is 0.333. The van der Waals surface area contributed by atoms with Gasteiger partial charge in [0.25, 0.3) is 0 Å². The van der Waals surface area contributed by atoms with Crippen LogP contribution in [0.3, 0.4) is 0 Å². The highest BCUT2D eigenvalue weighted by atomic mass is 16.1. The van der Waals surface area contributed by atoms with Gasteiger partial charge in [0.05, 0.1) is 30.2 Å². The van der Waals surface area contributed by atoms with Gasteiger partial charge < -0.3 is 5.32 Å². The molecule has 0 saturated carbocycles. The van der Waals surface area contributed by atoms with Crippen molar-refractivity contribution >= 4 is 11.6 Å². The van der Waals surface area contributed by atoms with Crippen LogP contribution in [0.1, 0.15) is 30.8 Å². The van der Waals surface area contributed by atoms with E-state index >= 15 is 0 Å². The highest BCUT2D eigenvalue weighted by molar-refractivity contribution is 5.92. The molecule has 0 aliphatic carbocycles. The number of carbonyl (C=O) groups is 1. The van der Waals surface area contributed by atoms with E-state index in [1.165, 1.54) is 0 Å². The SMILES string of the molecule is Cc1nn(CC(C)C)c(C)c1CC(=O)Nc1cnc(-c2ccccc2)nc1. The number of amides is 1. The molecule has 27 heavy (non-hydrogen) atoms. The predicted molar refractivity (Wildman–Crippen MR) is 106 cm³/mol. The summed E-state index contributed by atoms with van der Waals surface area (Å²) in [5.74, 6) is 1.04. The van der Waals surface area contributed by atoms with E-state index < -0.39 is 0 Å². The molecule has 2 heterocycles. The average Bonchev–Trinajstić information content (AvgIpc) is 2.90. The number of nitrogens with zero attached hydrogens (tertiary/aromatic N) is 4. The Hall–Kier alpha value is -3.02. The average molecular weight is 363 g/mol. The van der Waals surface area contributed by atoms with Crippen molar-refractivity contribution in [1.82, 2.24) is 19.7 Å². The van der Waals surface area contributed by atoms with Crippen molar-refractivity contribution < 1.29 is 4.79 Å². The summed E-state index contributed by atoms with van der Waals surface area (Å²) in [6, 6.07) is 9.74. The summed E-state index contributed by atoms with van der Waals surface area (Å²) in [5.41, 5.74) is 4.46. The number of nitrogens with one attached hydrogen (secondary N) is 1. The van der Waals surface area contributed by atoms with Gasteiger partial charge in [-0.05, 0) is 19.8 Å². The van der Waals surface area contributed by atoms with Crippen molar-refractivity contribution in [2.75, 3.05) is 5.32 Å². The van der Waals surface area contributed by atoms with Crippen molar-refractivity contribution in [2.24, 2.45) is 5.92 Å². The van der Waals surface area contributed by atoms with E-state index in [1.54, 1.807) is 12.4 Å². The first-order valence-corrected chi connectivity index (χ1v) is 9.14. The lowest BCUT2D eigenvalue weighted by Gasteiger charge is -2.08. The molecule has 3 rings (SSSR count). The second kappa shape index (κ2) is 8.12. The van der Waals surface area contributed by atoms with E-state index in [1.807, 2.05) is 48.9 Å². The first-order valence-electron chi connectivity index (χ1n) is 9.14. The molecule has 6 heteroatoms. The van der Waals surface area contributed by atoms with Gasteiger partial charge in [0.1, 0.15) is 0 Å². The minimum atomic E-state index is -0.0960. The molecule has 1 N–H and O–H groups in total. The summed E-state index contributed by atoms with van der Waals surface area (Å²) < 4.78 is 1.99. The molecule has 0 spiro atoms. The third-order valence-electron chi connectivity index (χ3n) is 4.37. The number of carbonyl (C=O) groups excluding carboxylic acids is 1. The second-order valence-electron chi connectivity index (χ2n) is 7.11. The fourth-order valence-electron chi connectivity index (χ4n) is 3.01. The predicted octanol–water partition coefficient (Wildman–Crippen LogP) is 3.79. The molecule has 0 atom stereocenters. The first kappa shape index (κ1) is 18.8. The Morgan fingerprint density at radius 3 is 2.41 bits per heavy atom. The van der Waals surface area contributed by atoms with E-state index in [2.05, 4.69) is 34.2 Å². The van der Waals surface area contributed by atoms with Gasteiger partial charge >= 0.3 is 0 Å². The Morgan fingerprint density at radius 1 is 1.11 bits per heavy atom. The standard InChI is InChI=1S/C21H25N5O/c1-14(2)13-26-16(4)19(15(3)25-26)10-20(27)24-18-11-22-21(23-12-18)17-8-6-5-7-9-17/h5-9,11-12,14H,10,13H2,1-4H3,(H,24,27). The number of aryl methyl sites for hydroxylation is 1. The second-order valence-corrected chi connectivity index (χ2v) is 7.11. The summed E-state index contributed by atoms with van der Waals surface area (Å²) >= 11 is 0. The maximum absolute atomic E-state index is 12.5. The molecule has 0 aliphatic rings. The largest absolute Gasteiger partial charge is 0.323 e. The highest BCUT2D eigenvalue weighted by Gasteiger charge is 2.16. The van der Waals surface area contributed by atoms with Crippen LogP contribution in [-0.4, -0.2) is 25.7 Å². The van der Waals surface area contributed by atoms with Gasteiger partial charge in [0.2, 0.25) is 5.91 Å². The van der Waals surface area contributed by atoms with Gasteiger partial charge in [-0.1, -0.05) is 44.2 Å². The molecular weight excluding hydrogens is 338 g/mol. The number of hydrogen-bond acceptors (Lipinski definition) is 4. The van der Waals surface area contributed by atoms with Crippen LogP contribution in [0.5, 0.6) is 0 Å². The molecule has 3 aromatic rings. The van der Waals surface area contributed by atoms with Crippen LogP contribution in [-0.2, 0) is 17.8 Å². The van der Waals surface area contributed by atoms with Gasteiger partial charge in [-0.3, -0.25) is 9.48 Å². The Bertz CT molecular complexity index is 914. The van der Waals surface area contributed by atoms with Crippen molar-refractivity contribution in [3.8, 4) is 11.4 Å². The molecule has 0 aliphatic heterocycles. The zero-order chi connectivity index (χ0) is 19.4. The summed E-state index contributed by atoms with van der Waals surface area (Å²) in [6.45, 7) is 9.12. The molecule has 0 unspecified atom stereocenters. The molecule has 2 aromatic heterocycles. The van der Waals surface area contributed by atoms with Crippen molar-refractivity contribution in [3.63, 3.8) is 0 Å². The molecule has 6 nitrogen and oxygen atoms in total. The zero-order valence-electron chi connectivity index (χ0n) is 16.2. The summed E-state index contributed by atoms with van der Waals surface area (Å²) in [6.07, 6.45) is 3.56. The van der Waals surface area contributed by atoms with Crippen molar-refractivity contribution in [2.45, 2.75) is 40.7 Å². The van der Waals surface area contributed by atoms with Gasteiger partial charge in [0.15, 0.2) is 5.82 Å². The Kier molecular flexibility index (Phi) is 5.64. The van der Waals surface area contributed by atoms with E-state index in [0.29, 0.717) is 17.4 Å². The van der Waals surface area contributed by atoms with Crippen LogP contribution in [0.2, 0.25) is 0 Å². The zero-order valence-corrected chi connectivity index (χ0v) is 16.2. The third kappa shape index (κ3) is 4.58. The third-order valence-corrected chi connectivity index (χ3v) is 4.37. The fourth-order valence-corrected chi connectivity index (χ4v) is 3.01. The lowest BCUT2D eigenvalue weighted by molar-refractivity contribution is -0.115. The van der Waals surface area contributed by atoms with Crippen LogP contribution in [0, 0.1) is 19.8 Å². The van der Waals surface area contributed by atoms with E-state index in [9.17, 15) is 4.79 Å². The molecule has 1 aromatic carbocycles. The van der Waals surface area contributed by atoms with E-state index in [0.717, 1.165) is 29.1 Å². The Balaban J connectivity index is 1.67. The first-order chi connectivity index (χ1) is 12.9. The van der Waals surface area contributed by atoms with Gasteiger partial charge in [-0.2, -0.15) is 5.10 Å². The summed E-state index contributed by atoms with van der Waals surface area (Å²) in [5, 5.41) is 7.44. The molecule has 140 valence electrons. The minimum absolute atomic E-state index is 0.0960. The smallest absolute Gasteiger partial charge is 0.229 e. The normalized spacial score (nSPS) is 11.0. The number of benzene rings is 1. The van der Waals surface area contributed by atoms with Crippen LogP contribution in [0.15, 0.2) is 42.7 Å². The van der Waals surface area contributed by atoms with E-state index in [-0.39, 0.29) is 12.3 Å². The Morgan fingerprint density at radius 2 is 1.78 bits per heavy atom. The molecule has 0 saturated heterocycles. The van der Waals surface area contributed by atoms with Crippen molar-refractivity contribution in [1.29, 1.82) is 0 Å². The van der Waals surface area contributed by atoms with E-state index in [4.69, 9.17) is 0 Å². The lowest BCUT2D eigenvalue weighted by atomic mass is 10.1. The number of rotatable bonds is 6. The van der Waals surface area contributed by atoms with Crippen LogP contribution < -0.4 is 5.32 Å². The Labute approximate surface area is 159 Å². The summed E-state index contributed by atoms with van der Waals surface area (Å²) in [7, 11) is 0. The number of aromatic nitrogens is 4. The topological polar surface area (TPSA) is 72.7 Å². The highest BCUT2D eigenvalue weighted by Crippen LogP contribution is 2.17. The molecule has 0 radical (unpaired) electrons.